The maximum Gasteiger partial charge on any atom is 0.416 e. The van der Waals surface area contributed by atoms with Crippen LogP contribution in [0.25, 0.3) is 11.1 Å². The van der Waals surface area contributed by atoms with Crippen LogP contribution >= 0.6 is 0 Å². The van der Waals surface area contributed by atoms with Crippen LogP contribution in [0.3, 0.4) is 0 Å². The number of rotatable bonds is 3. The van der Waals surface area contributed by atoms with Crippen molar-refractivity contribution in [3.05, 3.63) is 81.5 Å². The molecule has 2 aromatic rings. The minimum absolute atomic E-state index is 0.0553. The van der Waals surface area contributed by atoms with E-state index < -0.39 is 46.2 Å². The molecule has 1 nitrogen and oxygen atoms in total. The van der Waals surface area contributed by atoms with Gasteiger partial charge in [0.25, 0.3) is 0 Å². The molecule has 0 bridgehead atoms. The molecule has 2 aromatic carbocycles. The fraction of sp³-hybridized carbons (Fsp3) is 0.261. The van der Waals surface area contributed by atoms with E-state index in [-0.39, 0.29) is 35.0 Å². The first-order valence-corrected chi connectivity index (χ1v) is 9.41. The fourth-order valence-electron chi connectivity index (χ4n) is 3.36. The van der Waals surface area contributed by atoms with Gasteiger partial charge in [0.15, 0.2) is 0 Å². The second-order valence-electron chi connectivity index (χ2n) is 7.34. The molecule has 0 atom stereocenters. The van der Waals surface area contributed by atoms with Crippen LogP contribution in [0.15, 0.2) is 47.0 Å². The highest BCUT2D eigenvalue weighted by molar-refractivity contribution is 6.12. The number of hydrogen-bond donors (Lipinski definition) is 0. The van der Waals surface area contributed by atoms with Crippen molar-refractivity contribution < 1.29 is 35.1 Å². The highest BCUT2D eigenvalue weighted by atomic mass is 19.4. The third-order valence-corrected chi connectivity index (χ3v) is 5.24. The molecule has 9 heteroatoms. The molecular formula is C23H17F8N. The van der Waals surface area contributed by atoms with Crippen molar-refractivity contribution in [3.8, 4) is 11.1 Å². The molecule has 1 heterocycles. The number of alkyl halides is 6. The second-order valence-corrected chi connectivity index (χ2v) is 7.34. The van der Waals surface area contributed by atoms with Crippen molar-refractivity contribution in [1.29, 1.82) is 0 Å². The molecule has 0 spiro atoms. The van der Waals surface area contributed by atoms with E-state index in [0.717, 1.165) is 5.57 Å². The molecule has 170 valence electrons. The van der Waals surface area contributed by atoms with Gasteiger partial charge < -0.3 is 0 Å². The molecule has 0 saturated carbocycles. The Hall–Kier alpha value is -2.97. The standard InChI is InChI=1S/C23H17F8N/c1-4-11(2)5-6-17-19-16(10-32-17)12(3)20(24)18(21(19)25)13-7-14(22(26,27)28)9-15(8-13)23(29,30)31/h4-9H,10H2,1-3H3/b6-5-,11-4-. The van der Waals surface area contributed by atoms with Crippen molar-refractivity contribution in [2.75, 3.05) is 0 Å². The second kappa shape index (κ2) is 8.18. The Morgan fingerprint density at radius 3 is 1.97 bits per heavy atom. The van der Waals surface area contributed by atoms with Gasteiger partial charge in [-0.1, -0.05) is 17.7 Å². The molecule has 0 saturated heterocycles. The Bertz CT molecular complexity index is 1130. The first-order valence-electron chi connectivity index (χ1n) is 9.41. The molecule has 3 rings (SSSR count). The Morgan fingerprint density at radius 2 is 1.47 bits per heavy atom. The summed E-state index contributed by atoms with van der Waals surface area (Å²) in [6, 6.07) is 0.539. The van der Waals surface area contributed by atoms with E-state index in [0.29, 0.717) is 12.1 Å². The zero-order valence-electron chi connectivity index (χ0n) is 17.1. The van der Waals surface area contributed by atoms with Gasteiger partial charge in [-0.15, -0.1) is 0 Å². The van der Waals surface area contributed by atoms with Crippen LogP contribution in [-0.2, 0) is 18.9 Å². The van der Waals surface area contributed by atoms with E-state index in [9.17, 15) is 26.3 Å². The van der Waals surface area contributed by atoms with Gasteiger partial charge >= 0.3 is 12.4 Å². The van der Waals surface area contributed by atoms with Gasteiger partial charge in [0.05, 0.1) is 28.9 Å². The van der Waals surface area contributed by atoms with E-state index in [1.54, 1.807) is 26.0 Å². The van der Waals surface area contributed by atoms with Gasteiger partial charge in [-0.3, -0.25) is 4.99 Å². The van der Waals surface area contributed by atoms with Gasteiger partial charge in [0, 0.05) is 5.56 Å². The lowest BCUT2D eigenvalue weighted by molar-refractivity contribution is -0.143. The normalized spacial score (nSPS) is 14.8. The van der Waals surface area contributed by atoms with Crippen LogP contribution in [0.2, 0.25) is 0 Å². The number of benzene rings is 2. The molecule has 0 N–H and O–H groups in total. The molecule has 0 aromatic heterocycles. The monoisotopic (exact) mass is 459 g/mol. The van der Waals surface area contributed by atoms with E-state index in [1.807, 2.05) is 0 Å². The smallest absolute Gasteiger partial charge is 0.280 e. The topological polar surface area (TPSA) is 12.4 Å². The third-order valence-electron chi connectivity index (χ3n) is 5.24. The van der Waals surface area contributed by atoms with Crippen molar-refractivity contribution in [2.45, 2.75) is 39.7 Å². The summed E-state index contributed by atoms with van der Waals surface area (Å²) in [7, 11) is 0. The molecule has 0 aliphatic carbocycles. The quantitative estimate of drug-likeness (QED) is 0.328. The van der Waals surface area contributed by atoms with Crippen molar-refractivity contribution in [2.24, 2.45) is 4.99 Å². The molecule has 0 fully saturated rings. The van der Waals surface area contributed by atoms with E-state index >= 15 is 8.78 Å². The van der Waals surface area contributed by atoms with Gasteiger partial charge in [-0.05, 0) is 61.7 Å². The van der Waals surface area contributed by atoms with Gasteiger partial charge in [0.2, 0.25) is 0 Å². The lowest BCUT2D eigenvalue weighted by Gasteiger charge is -2.17. The maximum atomic E-state index is 15.5. The zero-order valence-corrected chi connectivity index (χ0v) is 17.1. The maximum absolute atomic E-state index is 15.5. The summed E-state index contributed by atoms with van der Waals surface area (Å²) in [5.74, 6) is -2.48. The minimum Gasteiger partial charge on any atom is -0.280 e. The number of fused-ring (bicyclic) bond motifs is 1. The Balaban J connectivity index is 2.30. The van der Waals surface area contributed by atoms with E-state index in [1.165, 1.54) is 13.0 Å². The highest BCUT2D eigenvalue weighted by Gasteiger charge is 2.38. The lowest BCUT2D eigenvalue weighted by atomic mass is 9.90. The van der Waals surface area contributed by atoms with Gasteiger partial charge in [-0.2, -0.15) is 26.3 Å². The van der Waals surface area contributed by atoms with Crippen LogP contribution in [0.1, 0.15) is 41.7 Å². The summed E-state index contributed by atoms with van der Waals surface area (Å²) in [6.45, 7) is 4.77. The average Bonchev–Trinajstić information content (AvgIpc) is 3.13. The number of halogens is 8. The molecule has 0 unspecified atom stereocenters. The lowest BCUT2D eigenvalue weighted by Crippen LogP contribution is -2.12. The molecule has 1 aliphatic heterocycles. The highest BCUT2D eigenvalue weighted by Crippen LogP contribution is 2.42. The summed E-state index contributed by atoms with van der Waals surface area (Å²) in [5.41, 5.74) is -4.20. The number of allylic oxidation sites excluding steroid dienone is 4. The summed E-state index contributed by atoms with van der Waals surface area (Å²) in [6.07, 6.45) is -5.43. The number of aliphatic imine (C=N–C) groups is 1. The van der Waals surface area contributed by atoms with Gasteiger partial charge in [0.1, 0.15) is 11.6 Å². The minimum atomic E-state index is -5.14. The Labute approximate surface area is 178 Å². The van der Waals surface area contributed by atoms with Crippen molar-refractivity contribution in [1.82, 2.24) is 0 Å². The van der Waals surface area contributed by atoms with E-state index in [2.05, 4.69) is 4.99 Å². The number of hydrogen-bond acceptors (Lipinski definition) is 1. The molecule has 0 radical (unpaired) electrons. The third kappa shape index (κ3) is 4.33. The summed E-state index contributed by atoms with van der Waals surface area (Å²) in [5, 5.41) is 0. The fourth-order valence-corrected chi connectivity index (χ4v) is 3.36. The SMILES string of the molecule is C/C=C(C)\C=C/C1=NCc2c(C)c(F)c(-c3cc(C(F)(F)F)cc(C(F)(F)F)c3)c(F)c21. The zero-order chi connectivity index (χ0) is 24.0. The first kappa shape index (κ1) is 23.7. The Morgan fingerprint density at radius 1 is 0.906 bits per heavy atom. The number of nitrogens with zero attached hydrogens (tertiary/aromatic N) is 1. The average molecular weight is 459 g/mol. The van der Waals surface area contributed by atoms with E-state index in [4.69, 9.17) is 0 Å². The summed E-state index contributed by atoms with van der Waals surface area (Å²) in [4.78, 5) is 4.16. The molecule has 1 aliphatic rings. The Kier molecular flexibility index (Phi) is 6.06. The van der Waals surface area contributed by atoms with Crippen molar-refractivity contribution >= 4 is 5.71 Å². The largest absolute Gasteiger partial charge is 0.416 e. The van der Waals surface area contributed by atoms with Crippen molar-refractivity contribution in [3.63, 3.8) is 0 Å². The molecule has 0 amide bonds. The molecule has 32 heavy (non-hydrogen) atoms. The van der Waals surface area contributed by atoms with Crippen LogP contribution in [-0.4, -0.2) is 5.71 Å². The summed E-state index contributed by atoms with van der Waals surface area (Å²) >= 11 is 0. The van der Waals surface area contributed by atoms with Crippen LogP contribution in [0, 0.1) is 18.6 Å². The van der Waals surface area contributed by atoms with Gasteiger partial charge in [-0.25, -0.2) is 8.78 Å². The van der Waals surface area contributed by atoms with Crippen LogP contribution in [0.5, 0.6) is 0 Å². The predicted octanol–water partition coefficient (Wildman–Crippen LogP) is 7.80. The summed E-state index contributed by atoms with van der Waals surface area (Å²) < 4.78 is 110. The predicted molar refractivity (Wildman–Crippen MR) is 105 cm³/mol. The van der Waals surface area contributed by atoms with Crippen LogP contribution < -0.4 is 0 Å². The molecular weight excluding hydrogens is 442 g/mol. The van der Waals surface area contributed by atoms with Crippen LogP contribution in [0.4, 0.5) is 35.1 Å². The first-order chi connectivity index (χ1) is 14.8.